The third-order valence-electron chi connectivity index (χ3n) is 5.30. The van der Waals surface area contributed by atoms with E-state index in [0.29, 0.717) is 17.8 Å². The summed E-state index contributed by atoms with van der Waals surface area (Å²) >= 11 is 0. The molecule has 4 rings (SSSR count). The topological polar surface area (TPSA) is 93.6 Å². The number of halogens is 1. The lowest BCUT2D eigenvalue weighted by Crippen LogP contribution is -2.43. The van der Waals surface area contributed by atoms with Gasteiger partial charge in [-0.25, -0.2) is 9.18 Å². The highest BCUT2D eigenvalue weighted by molar-refractivity contribution is 6.05. The van der Waals surface area contributed by atoms with E-state index in [1.165, 1.54) is 25.2 Å². The summed E-state index contributed by atoms with van der Waals surface area (Å²) in [5, 5.41) is 16.9. The van der Waals surface area contributed by atoms with Crippen molar-refractivity contribution in [1.82, 2.24) is 0 Å². The van der Waals surface area contributed by atoms with Crippen LogP contribution in [0, 0.1) is 11.2 Å². The van der Waals surface area contributed by atoms with Crippen molar-refractivity contribution >= 4 is 48.5 Å². The maximum atomic E-state index is 13.5. The van der Waals surface area contributed by atoms with Crippen LogP contribution in [0.1, 0.15) is 22.8 Å². The Balaban J connectivity index is 0.00000141. The summed E-state index contributed by atoms with van der Waals surface area (Å²) in [7, 11) is 4.50. The summed E-state index contributed by atoms with van der Waals surface area (Å²) in [6.07, 6.45) is 1.21. The Kier molecular flexibility index (Phi) is 6.83. The molecule has 1 aliphatic rings. The first-order valence-corrected chi connectivity index (χ1v) is 10.1. The number of hydrogen-bond acceptors (Lipinski definition) is 5. The molecule has 3 aromatic rings. The van der Waals surface area contributed by atoms with E-state index in [1.54, 1.807) is 36.4 Å². The second-order valence-electron chi connectivity index (χ2n) is 7.27. The fourth-order valence-corrected chi connectivity index (χ4v) is 3.85. The summed E-state index contributed by atoms with van der Waals surface area (Å²) in [4.78, 5) is 15.4. The molecule has 1 atom stereocenters. The van der Waals surface area contributed by atoms with Crippen molar-refractivity contribution in [3.63, 3.8) is 0 Å². The minimum absolute atomic E-state index is 0.0179. The first-order valence-electron chi connectivity index (χ1n) is 10.1. The van der Waals surface area contributed by atoms with Gasteiger partial charge in [-0.05, 0) is 67.6 Å². The number of carboxylic acid groups (broad SMARTS) is 1. The molecule has 1 aliphatic heterocycles. The van der Waals surface area contributed by atoms with Crippen LogP contribution in [-0.2, 0) is 0 Å². The summed E-state index contributed by atoms with van der Waals surface area (Å²) in [6, 6.07) is 16.7. The molecule has 1 unspecified atom stereocenters. The highest BCUT2D eigenvalue weighted by Crippen LogP contribution is 2.45. The largest absolute Gasteiger partial charge is 0.478 e. The summed E-state index contributed by atoms with van der Waals surface area (Å²) in [5.74, 6) is -1.28. The first kappa shape index (κ1) is 22.9. The molecule has 0 aromatic heterocycles. The average molecular weight is 430 g/mol. The Morgan fingerprint density at radius 3 is 2.25 bits per heavy atom. The maximum Gasteiger partial charge on any atom is 0.335 e. The molecule has 1 heterocycles. The van der Waals surface area contributed by atoms with Gasteiger partial charge in [0.2, 0.25) is 0 Å². The third-order valence-corrected chi connectivity index (χ3v) is 5.30. The zero-order valence-electron chi connectivity index (χ0n) is 17.9. The first-order chi connectivity index (χ1) is 15.4. The molecule has 32 heavy (non-hydrogen) atoms. The van der Waals surface area contributed by atoms with Gasteiger partial charge in [-0.15, -0.1) is 0 Å². The molecular weight excluding hydrogens is 406 g/mol. The van der Waals surface area contributed by atoms with E-state index in [2.05, 4.69) is 24.6 Å². The molecule has 0 saturated carbocycles. The van der Waals surface area contributed by atoms with Gasteiger partial charge in [-0.3, -0.25) is 0 Å². The predicted octanol–water partition coefficient (Wildman–Crippen LogP) is 4.99. The Morgan fingerprint density at radius 2 is 1.69 bits per heavy atom. The van der Waals surface area contributed by atoms with E-state index in [-0.39, 0.29) is 17.4 Å². The number of anilines is 5. The van der Waals surface area contributed by atoms with E-state index < -0.39 is 5.97 Å². The smallest absolute Gasteiger partial charge is 0.335 e. The number of nitrogens with two attached hydrogens (primary N) is 1. The third kappa shape index (κ3) is 4.30. The molecule has 6 nitrogen and oxygen atoms in total. The number of carbonyl (C=O) groups is 1. The van der Waals surface area contributed by atoms with Gasteiger partial charge < -0.3 is 26.0 Å². The van der Waals surface area contributed by atoms with Gasteiger partial charge in [0.25, 0.3) is 0 Å². The molecule has 0 aliphatic carbocycles. The van der Waals surface area contributed by atoms with Gasteiger partial charge >= 0.3 is 5.97 Å². The predicted molar refractivity (Wildman–Crippen MR) is 129 cm³/mol. The van der Waals surface area contributed by atoms with Crippen molar-refractivity contribution < 1.29 is 14.3 Å². The lowest BCUT2D eigenvalue weighted by molar-refractivity contribution is 0.0697. The number of fused-ring (bicyclic) bond motifs is 1. The Labute approximate surface area is 188 Å². The molecule has 3 aromatic carbocycles. The monoisotopic (exact) mass is 430 g/mol. The molecule has 4 N–H and O–H groups in total. The number of carboxylic acids is 1. The van der Waals surface area contributed by atoms with E-state index in [4.69, 9.17) is 11.1 Å². The van der Waals surface area contributed by atoms with Crippen molar-refractivity contribution in [1.29, 1.82) is 5.41 Å². The second kappa shape index (κ2) is 9.55. The van der Waals surface area contributed by atoms with Gasteiger partial charge in [0, 0.05) is 41.4 Å². The van der Waals surface area contributed by atoms with Crippen molar-refractivity contribution in [3.8, 4) is 0 Å². The van der Waals surface area contributed by atoms with Crippen LogP contribution in [0.3, 0.4) is 0 Å². The molecule has 162 valence electrons. The van der Waals surface area contributed by atoms with Gasteiger partial charge in [0.15, 0.2) is 0 Å². The lowest BCUT2D eigenvalue weighted by atomic mass is 10.0. The molecule has 0 bridgehead atoms. The molecule has 2 radical (unpaired) electrons. The van der Waals surface area contributed by atoms with Crippen molar-refractivity contribution in [2.45, 2.75) is 19.8 Å². The van der Waals surface area contributed by atoms with E-state index >= 15 is 0 Å². The Morgan fingerprint density at radius 1 is 1.09 bits per heavy atom. The molecular formula is C24H24BFN4O2. The van der Waals surface area contributed by atoms with Crippen LogP contribution in [0.15, 0.2) is 60.7 Å². The van der Waals surface area contributed by atoms with Crippen LogP contribution < -0.4 is 15.5 Å². The maximum absolute atomic E-state index is 13.5. The fourth-order valence-electron chi connectivity index (χ4n) is 3.85. The minimum atomic E-state index is -0.976. The number of aromatic carboxylic acids is 1. The Bertz CT molecular complexity index is 1120. The number of rotatable bonds is 4. The van der Waals surface area contributed by atoms with Crippen LogP contribution in [-0.4, -0.2) is 37.7 Å². The minimum Gasteiger partial charge on any atom is -0.478 e. The average Bonchev–Trinajstić information content (AvgIpc) is 2.80. The molecule has 8 heteroatoms. The number of nitrogens with one attached hydrogen (secondary N) is 1. The number of hydrogen-bond donors (Lipinski definition) is 3. The van der Waals surface area contributed by atoms with Crippen LogP contribution in [0.25, 0.3) is 0 Å². The SMILES string of the molecule is CC1CN(c2ccc(C(=O)O)cc2)c2cc(N)c(C=N)cc2N1c1ccc(F)cc1.[B]C. The Hall–Kier alpha value is -3.81. The molecule has 0 saturated heterocycles. The van der Waals surface area contributed by atoms with Crippen molar-refractivity contribution in [3.05, 3.63) is 77.6 Å². The number of nitrogens with zero attached hydrogens (tertiary/aromatic N) is 2. The summed E-state index contributed by atoms with van der Waals surface area (Å²) in [5.41, 5.74) is 10.8. The van der Waals surface area contributed by atoms with Crippen molar-refractivity contribution in [2.75, 3.05) is 22.1 Å². The van der Waals surface area contributed by atoms with Crippen molar-refractivity contribution in [2.24, 2.45) is 0 Å². The standard InChI is InChI=1S/C23H21FN4O2.CH3B/c1-14-13-27(18-6-2-15(3-7-18)23(29)30)21-11-20(26)16(12-25)10-22(21)28(14)19-8-4-17(24)5-9-19;1-2/h2-12,14,25H,13,26H2,1H3,(H,29,30);1H3. The summed E-state index contributed by atoms with van der Waals surface area (Å²) < 4.78 is 13.5. The van der Waals surface area contributed by atoms with Crippen LogP contribution in [0.5, 0.6) is 0 Å². The zero-order valence-corrected chi connectivity index (χ0v) is 17.9. The van der Waals surface area contributed by atoms with Gasteiger partial charge in [0.05, 0.1) is 24.8 Å². The summed E-state index contributed by atoms with van der Waals surface area (Å²) in [6.45, 7) is 4.17. The number of nitrogen functional groups attached to an aromatic ring is 1. The molecule has 0 amide bonds. The van der Waals surface area contributed by atoms with Crippen LogP contribution in [0.4, 0.5) is 32.8 Å². The quantitative estimate of drug-likeness (QED) is 0.308. The zero-order chi connectivity index (χ0) is 23.4. The second-order valence-corrected chi connectivity index (χ2v) is 7.27. The van der Waals surface area contributed by atoms with Gasteiger partial charge in [-0.2, -0.15) is 0 Å². The highest BCUT2D eigenvalue weighted by atomic mass is 19.1. The van der Waals surface area contributed by atoms with Gasteiger partial charge in [-0.1, -0.05) is 6.82 Å². The van der Waals surface area contributed by atoms with E-state index in [9.17, 15) is 14.3 Å². The van der Waals surface area contributed by atoms with Crippen LogP contribution >= 0.6 is 0 Å². The highest BCUT2D eigenvalue weighted by Gasteiger charge is 2.31. The lowest BCUT2D eigenvalue weighted by Gasteiger charge is -2.43. The van der Waals surface area contributed by atoms with E-state index in [0.717, 1.165) is 22.7 Å². The molecule has 0 fully saturated rings. The normalized spacial score (nSPS) is 14.8. The van der Waals surface area contributed by atoms with E-state index in [1.807, 2.05) is 12.1 Å². The molecule has 0 spiro atoms. The van der Waals surface area contributed by atoms with Crippen LogP contribution in [0.2, 0.25) is 6.82 Å². The fraction of sp³-hybridized carbons (Fsp3) is 0.167. The van der Waals surface area contributed by atoms with Gasteiger partial charge in [0.1, 0.15) is 5.82 Å². The number of benzene rings is 3.